The second-order valence-electron chi connectivity index (χ2n) is 12.6. The van der Waals surface area contributed by atoms with E-state index in [2.05, 4.69) is 170 Å². The first-order valence-electron chi connectivity index (χ1n) is 15.4. The largest absolute Gasteiger partial charge is 0.309 e. The zero-order chi connectivity index (χ0) is 29.4. The van der Waals surface area contributed by atoms with E-state index in [1.165, 1.54) is 83.5 Å². The molecule has 0 saturated heterocycles. The van der Waals surface area contributed by atoms with Crippen molar-refractivity contribution >= 4 is 27.8 Å². The number of fused-ring (bicyclic) bond motifs is 5. The topological polar surface area (TPSA) is 3.24 Å². The summed E-state index contributed by atoms with van der Waals surface area (Å²) >= 11 is 0. The molecule has 0 spiro atoms. The van der Waals surface area contributed by atoms with Crippen molar-refractivity contribution < 1.29 is 0 Å². The molecule has 0 radical (unpaired) electrons. The van der Waals surface area contributed by atoms with Crippen molar-refractivity contribution in [3.63, 3.8) is 0 Å². The molecule has 0 bridgehead atoms. The van der Waals surface area contributed by atoms with E-state index in [-0.39, 0.29) is 5.41 Å². The van der Waals surface area contributed by atoms with Gasteiger partial charge in [-0.15, -0.1) is 0 Å². The molecule has 2 aliphatic rings. The van der Waals surface area contributed by atoms with Crippen LogP contribution >= 0.6 is 0 Å². The summed E-state index contributed by atoms with van der Waals surface area (Å²) < 4.78 is 0. The summed E-state index contributed by atoms with van der Waals surface area (Å²) in [4.78, 5) is 2.52. The van der Waals surface area contributed by atoms with Gasteiger partial charge in [0.2, 0.25) is 0 Å². The van der Waals surface area contributed by atoms with E-state index in [0.717, 1.165) is 0 Å². The van der Waals surface area contributed by atoms with Crippen LogP contribution in [0.3, 0.4) is 0 Å². The summed E-state index contributed by atoms with van der Waals surface area (Å²) in [5.74, 6) is 0. The van der Waals surface area contributed by atoms with Gasteiger partial charge in [-0.25, -0.2) is 0 Å². The van der Waals surface area contributed by atoms with Gasteiger partial charge in [-0.3, -0.25) is 0 Å². The van der Waals surface area contributed by atoms with Gasteiger partial charge in [-0.1, -0.05) is 129 Å². The highest BCUT2D eigenvalue weighted by Crippen LogP contribution is 2.57. The van der Waals surface area contributed by atoms with Gasteiger partial charge in [0.1, 0.15) is 0 Å². The zero-order valence-electron chi connectivity index (χ0n) is 24.9. The molecule has 1 nitrogen and oxygen atoms in total. The van der Waals surface area contributed by atoms with E-state index in [9.17, 15) is 0 Å². The van der Waals surface area contributed by atoms with E-state index in [1.54, 1.807) is 0 Å². The maximum Gasteiger partial charge on any atom is 0.0546 e. The van der Waals surface area contributed by atoms with Crippen LogP contribution in [-0.2, 0) is 5.41 Å². The number of hydrogen-bond acceptors (Lipinski definition) is 1. The third kappa shape index (κ3) is 3.59. The number of hydrogen-bond donors (Lipinski definition) is 0. The molecule has 0 fully saturated rings. The lowest BCUT2D eigenvalue weighted by Crippen LogP contribution is -2.19. The van der Waals surface area contributed by atoms with Crippen LogP contribution in [-0.4, -0.2) is 0 Å². The monoisotopic (exact) mass is 561 g/mol. The zero-order valence-corrected chi connectivity index (χ0v) is 24.9. The lowest BCUT2D eigenvalue weighted by Gasteiger charge is -2.35. The Morgan fingerprint density at radius 2 is 1.02 bits per heavy atom. The second kappa shape index (κ2) is 9.30. The molecule has 9 rings (SSSR count). The molecular weight excluding hydrogens is 530 g/mol. The smallest absolute Gasteiger partial charge is 0.0546 e. The minimum Gasteiger partial charge on any atom is -0.309 e. The maximum atomic E-state index is 2.52. The fourth-order valence-electron chi connectivity index (χ4n) is 7.61. The summed E-state index contributed by atoms with van der Waals surface area (Å²) in [6.45, 7) is 4.74. The average Bonchev–Trinajstić information content (AvgIpc) is 3.30. The minimum absolute atomic E-state index is 0.0866. The predicted octanol–water partition coefficient (Wildman–Crippen LogP) is 11.9. The fourth-order valence-corrected chi connectivity index (χ4v) is 7.61. The molecule has 0 N–H and O–H groups in total. The standard InChI is InChI=1S/C43H31N/c1-43(2)38-21-10-9-19-34(38)36-26-37-35-20-11-17-30-18-12-22-40(42(30)35)44(41(37)27-39(36)43)33-24-31(28-13-5-3-6-14-28)23-32(25-33)29-15-7-4-8-16-29/h3-27H,1-2H3. The van der Waals surface area contributed by atoms with Crippen molar-refractivity contribution in [2.45, 2.75) is 19.3 Å². The van der Waals surface area contributed by atoms with Gasteiger partial charge < -0.3 is 4.90 Å². The maximum absolute atomic E-state index is 2.52. The Labute approximate surface area is 258 Å². The third-order valence-electron chi connectivity index (χ3n) is 9.74. The van der Waals surface area contributed by atoms with Gasteiger partial charge in [0.25, 0.3) is 0 Å². The van der Waals surface area contributed by atoms with Gasteiger partial charge in [0.15, 0.2) is 0 Å². The molecule has 0 amide bonds. The van der Waals surface area contributed by atoms with Gasteiger partial charge in [0, 0.05) is 22.1 Å². The Morgan fingerprint density at radius 1 is 0.409 bits per heavy atom. The minimum atomic E-state index is -0.0866. The molecule has 7 aromatic rings. The fraction of sp³-hybridized carbons (Fsp3) is 0.0698. The lowest BCUT2D eigenvalue weighted by molar-refractivity contribution is 0.660. The average molecular weight is 562 g/mol. The van der Waals surface area contributed by atoms with Crippen molar-refractivity contribution in [1.29, 1.82) is 0 Å². The first-order valence-corrected chi connectivity index (χ1v) is 15.4. The highest BCUT2D eigenvalue weighted by Gasteiger charge is 2.38. The Hall–Kier alpha value is -5.40. The molecule has 208 valence electrons. The van der Waals surface area contributed by atoms with Gasteiger partial charge in [0.05, 0.1) is 11.4 Å². The highest BCUT2D eigenvalue weighted by molar-refractivity contribution is 6.15. The quantitative estimate of drug-likeness (QED) is 0.207. The molecule has 0 aromatic heterocycles. The van der Waals surface area contributed by atoms with Gasteiger partial charge >= 0.3 is 0 Å². The molecule has 1 heterocycles. The lowest BCUT2D eigenvalue weighted by atomic mass is 9.81. The van der Waals surface area contributed by atoms with Crippen molar-refractivity contribution in [3.8, 4) is 44.5 Å². The first-order chi connectivity index (χ1) is 21.6. The van der Waals surface area contributed by atoms with Crippen molar-refractivity contribution in [1.82, 2.24) is 0 Å². The summed E-state index contributed by atoms with van der Waals surface area (Å²) in [6.07, 6.45) is 0. The van der Waals surface area contributed by atoms with Crippen LogP contribution in [0.5, 0.6) is 0 Å². The number of benzene rings is 7. The Kier molecular flexibility index (Phi) is 5.31. The second-order valence-corrected chi connectivity index (χ2v) is 12.6. The van der Waals surface area contributed by atoms with Crippen LogP contribution in [0.1, 0.15) is 25.0 Å². The van der Waals surface area contributed by atoms with E-state index >= 15 is 0 Å². The van der Waals surface area contributed by atoms with Gasteiger partial charge in [-0.05, 0) is 91.9 Å². The summed E-state index contributed by atoms with van der Waals surface area (Å²) in [7, 11) is 0. The molecule has 0 unspecified atom stereocenters. The molecule has 44 heavy (non-hydrogen) atoms. The van der Waals surface area contributed by atoms with E-state index in [0.29, 0.717) is 0 Å². The van der Waals surface area contributed by atoms with Crippen molar-refractivity contribution in [3.05, 3.63) is 163 Å². The predicted molar refractivity (Wildman–Crippen MR) is 186 cm³/mol. The molecular formula is C43H31N. The molecule has 1 aliphatic carbocycles. The van der Waals surface area contributed by atoms with Gasteiger partial charge in [-0.2, -0.15) is 0 Å². The van der Waals surface area contributed by atoms with Crippen LogP contribution in [0, 0.1) is 0 Å². The molecule has 1 heteroatoms. The molecule has 7 aromatic carbocycles. The highest BCUT2D eigenvalue weighted by atomic mass is 15.2. The normalized spacial score (nSPS) is 13.8. The number of anilines is 3. The Balaban J connectivity index is 1.37. The first kappa shape index (κ1) is 25.1. The van der Waals surface area contributed by atoms with Crippen molar-refractivity contribution in [2.24, 2.45) is 0 Å². The summed E-state index contributed by atoms with van der Waals surface area (Å²) in [5.41, 5.74) is 16.5. The Morgan fingerprint density at radius 3 is 1.73 bits per heavy atom. The van der Waals surface area contributed by atoms with Crippen LogP contribution in [0.25, 0.3) is 55.3 Å². The molecule has 0 saturated carbocycles. The number of rotatable bonds is 3. The third-order valence-corrected chi connectivity index (χ3v) is 9.74. The number of nitrogens with zero attached hydrogens (tertiary/aromatic N) is 1. The van der Waals surface area contributed by atoms with Crippen LogP contribution in [0.2, 0.25) is 0 Å². The summed E-state index contributed by atoms with van der Waals surface area (Å²) in [6, 6.07) is 56.0. The van der Waals surface area contributed by atoms with Crippen LogP contribution in [0.15, 0.2) is 152 Å². The van der Waals surface area contributed by atoms with Crippen LogP contribution < -0.4 is 4.90 Å². The van der Waals surface area contributed by atoms with E-state index in [1.807, 2.05) is 0 Å². The Bertz CT molecular complexity index is 2180. The molecule has 1 aliphatic heterocycles. The molecule has 0 atom stereocenters. The van der Waals surface area contributed by atoms with E-state index < -0.39 is 0 Å². The van der Waals surface area contributed by atoms with E-state index in [4.69, 9.17) is 0 Å². The SMILES string of the molecule is CC1(C)c2ccccc2-c2cc3c(cc21)N(c1cc(-c2ccccc2)cc(-c2ccccc2)c1)c1cccc2cccc-3c12. The van der Waals surface area contributed by atoms with Crippen molar-refractivity contribution in [2.75, 3.05) is 4.90 Å². The summed E-state index contributed by atoms with van der Waals surface area (Å²) in [5, 5.41) is 2.57. The van der Waals surface area contributed by atoms with Crippen LogP contribution in [0.4, 0.5) is 17.1 Å².